The molecule has 1 rings (SSSR count). The summed E-state index contributed by atoms with van der Waals surface area (Å²) in [6, 6.07) is 0.604. The molecule has 1 N–H and O–H groups in total. The third-order valence-corrected chi connectivity index (χ3v) is 3.16. The highest BCUT2D eigenvalue weighted by molar-refractivity contribution is 6.31. The first kappa shape index (κ1) is 12.5. The smallest absolute Gasteiger partial charge is 0.0814 e. The number of hydrogen-bond donors (Lipinski definition) is 1. The van der Waals surface area contributed by atoms with Gasteiger partial charge in [0.05, 0.1) is 16.9 Å². The minimum absolute atomic E-state index is 0.604. The number of halogens is 1. The van der Waals surface area contributed by atoms with Crippen LogP contribution in [-0.4, -0.2) is 22.9 Å². The number of aryl methyl sites for hydroxylation is 1. The number of nitrogens with zero attached hydrogens (tertiary/aromatic N) is 2. The van der Waals surface area contributed by atoms with Gasteiger partial charge in [0.25, 0.3) is 0 Å². The summed E-state index contributed by atoms with van der Waals surface area (Å²) in [6.45, 7) is 5.18. The van der Waals surface area contributed by atoms with Gasteiger partial charge >= 0.3 is 0 Å². The maximum absolute atomic E-state index is 5.92. The molecule has 0 saturated carbocycles. The molecule has 1 aromatic heterocycles. The first-order valence-electron chi connectivity index (χ1n) is 5.50. The van der Waals surface area contributed by atoms with Gasteiger partial charge in [-0.2, -0.15) is 5.10 Å². The van der Waals surface area contributed by atoms with Gasteiger partial charge in [-0.05, 0) is 33.7 Å². The summed E-state index contributed by atoms with van der Waals surface area (Å²) in [5.41, 5.74) is 1.07. The Bertz CT molecular complexity index is 296. The Morgan fingerprint density at radius 3 is 2.80 bits per heavy atom. The van der Waals surface area contributed by atoms with E-state index in [9.17, 15) is 0 Å². The number of aromatic nitrogens is 2. The van der Waals surface area contributed by atoms with Crippen molar-refractivity contribution in [1.29, 1.82) is 0 Å². The van der Waals surface area contributed by atoms with Crippen LogP contribution in [-0.2, 0) is 6.54 Å². The van der Waals surface area contributed by atoms with Crippen molar-refractivity contribution >= 4 is 11.6 Å². The summed E-state index contributed by atoms with van der Waals surface area (Å²) >= 11 is 5.92. The molecule has 1 aromatic rings. The molecule has 0 aliphatic rings. The van der Waals surface area contributed by atoms with E-state index in [2.05, 4.69) is 17.3 Å². The molecular weight excluding hydrogens is 210 g/mol. The Morgan fingerprint density at radius 1 is 1.53 bits per heavy atom. The van der Waals surface area contributed by atoms with Crippen LogP contribution in [0, 0.1) is 6.92 Å². The number of hydrogen-bond acceptors (Lipinski definition) is 2. The summed E-state index contributed by atoms with van der Waals surface area (Å²) in [6.07, 6.45) is 5.31. The summed E-state index contributed by atoms with van der Waals surface area (Å²) in [5, 5.41) is 8.22. The van der Waals surface area contributed by atoms with Gasteiger partial charge in [0.15, 0.2) is 0 Å². The molecule has 0 aliphatic carbocycles. The molecule has 0 radical (unpaired) electrons. The topological polar surface area (TPSA) is 29.9 Å². The third kappa shape index (κ3) is 3.84. The van der Waals surface area contributed by atoms with E-state index in [0.717, 1.165) is 23.7 Å². The van der Waals surface area contributed by atoms with E-state index in [1.54, 1.807) is 6.20 Å². The first-order valence-corrected chi connectivity index (χ1v) is 5.88. The van der Waals surface area contributed by atoms with Crippen LogP contribution in [0.3, 0.4) is 0 Å². The quantitative estimate of drug-likeness (QED) is 0.761. The van der Waals surface area contributed by atoms with E-state index < -0.39 is 0 Å². The van der Waals surface area contributed by atoms with Crippen molar-refractivity contribution in [2.24, 2.45) is 0 Å². The van der Waals surface area contributed by atoms with E-state index in [4.69, 9.17) is 11.6 Å². The van der Waals surface area contributed by atoms with Crippen LogP contribution in [0.5, 0.6) is 0 Å². The Hall–Kier alpha value is -0.540. The molecule has 0 fully saturated rings. The van der Waals surface area contributed by atoms with Crippen LogP contribution in [0.1, 0.15) is 31.9 Å². The molecule has 0 saturated heterocycles. The van der Waals surface area contributed by atoms with Gasteiger partial charge in [-0.15, -0.1) is 0 Å². The SMILES string of the molecule is CNC(C)CCCCn1ncc(Cl)c1C. The van der Waals surface area contributed by atoms with E-state index in [-0.39, 0.29) is 0 Å². The highest BCUT2D eigenvalue weighted by Crippen LogP contribution is 2.14. The molecule has 15 heavy (non-hydrogen) atoms. The standard InChI is InChI=1S/C11H20ClN3/c1-9(13-3)6-4-5-7-15-10(2)11(12)8-14-15/h8-9,13H,4-7H2,1-3H3. The second-order valence-electron chi connectivity index (χ2n) is 3.99. The fourth-order valence-corrected chi connectivity index (χ4v) is 1.65. The zero-order chi connectivity index (χ0) is 11.3. The van der Waals surface area contributed by atoms with Crippen molar-refractivity contribution in [3.8, 4) is 0 Å². The number of nitrogens with one attached hydrogen (secondary N) is 1. The molecule has 1 heterocycles. The van der Waals surface area contributed by atoms with Crippen LogP contribution in [0.15, 0.2) is 6.20 Å². The van der Waals surface area contributed by atoms with Crippen molar-refractivity contribution in [3.63, 3.8) is 0 Å². The molecule has 0 aromatic carbocycles. The molecule has 3 nitrogen and oxygen atoms in total. The normalized spacial score (nSPS) is 13.1. The van der Waals surface area contributed by atoms with Gasteiger partial charge in [-0.3, -0.25) is 4.68 Å². The minimum atomic E-state index is 0.604. The fraction of sp³-hybridized carbons (Fsp3) is 0.727. The molecular formula is C11H20ClN3. The van der Waals surface area contributed by atoms with Crippen molar-refractivity contribution in [3.05, 3.63) is 16.9 Å². The molecule has 1 unspecified atom stereocenters. The van der Waals surface area contributed by atoms with Gasteiger partial charge in [0.2, 0.25) is 0 Å². The molecule has 1 atom stereocenters. The highest BCUT2D eigenvalue weighted by atomic mass is 35.5. The highest BCUT2D eigenvalue weighted by Gasteiger charge is 2.03. The van der Waals surface area contributed by atoms with E-state index >= 15 is 0 Å². The first-order chi connectivity index (χ1) is 7.15. The Kier molecular flexibility index (Phi) is 5.12. The summed E-state index contributed by atoms with van der Waals surface area (Å²) in [4.78, 5) is 0. The second-order valence-corrected chi connectivity index (χ2v) is 4.39. The van der Waals surface area contributed by atoms with Gasteiger partial charge in [0, 0.05) is 12.6 Å². The predicted octanol–water partition coefficient (Wildman–Crippen LogP) is 2.62. The van der Waals surface area contributed by atoms with Crippen LogP contribution < -0.4 is 5.32 Å². The second kappa shape index (κ2) is 6.13. The third-order valence-electron chi connectivity index (χ3n) is 2.79. The lowest BCUT2D eigenvalue weighted by molar-refractivity contribution is 0.486. The fourth-order valence-electron chi connectivity index (χ4n) is 1.51. The molecule has 0 amide bonds. The molecule has 0 spiro atoms. The lowest BCUT2D eigenvalue weighted by Gasteiger charge is -2.09. The van der Waals surface area contributed by atoms with Gasteiger partial charge in [-0.1, -0.05) is 18.0 Å². The van der Waals surface area contributed by atoms with Crippen LogP contribution in [0.25, 0.3) is 0 Å². The lowest BCUT2D eigenvalue weighted by atomic mass is 10.1. The summed E-state index contributed by atoms with van der Waals surface area (Å²) in [7, 11) is 2.00. The maximum Gasteiger partial charge on any atom is 0.0814 e. The largest absolute Gasteiger partial charge is 0.317 e. The van der Waals surface area contributed by atoms with Gasteiger partial charge in [0.1, 0.15) is 0 Å². The predicted molar refractivity (Wildman–Crippen MR) is 64.3 cm³/mol. The zero-order valence-electron chi connectivity index (χ0n) is 9.76. The molecule has 0 bridgehead atoms. The summed E-state index contributed by atoms with van der Waals surface area (Å²) in [5.74, 6) is 0. The van der Waals surface area contributed by atoms with E-state index in [0.29, 0.717) is 6.04 Å². The Balaban J connectivity index is 2.23. The number of unbranched alkanes of at least 4 members (excludes halogenated alkanes) is 1. The van der Waals surface area contributed by atoms with Crippen LogP contribution >= 0.6 is 11.6 Å². The van der Waals surface area contributed by atoms with Gasteiger partial charge in [-0.25, -0.2) is 0 Å². The summed E-state index contributed by atoms with van der Waals surface area (Å²) < 4.78 is 1.98. The zero-order valence-corrected chi connectivity index (χ0v) is 10.5. The average molecular weight is 230 g/mol. The van der Waals surface area contributed by atoms with E-state index in [1.807, 2.05) is 18.7 Å². The Labute approximate surface area is 96.8 Å². The number of rotatable bonds is 6. The lowest BCUT2D eigenvalue weighted by Crippen LogP contribution is -2.20. The average Bonchev–Trinajstić information content (AvgIpc) is 2.55. The molecule has 86 valence electrons. The van der Waals surface area contributed by atoms with Crippen molar-refractivity contribution < 1.29 is 0 Å². The monoisotopic (exact) mass is 229 g/mol. The molecule has 0 aliphatic heterocycles. The maximum atomic E-state index is 5.92. The molecule has 4 heteroatoms. The Morgan fingerprint density at radius 2 is 2.27 bits per heavy atom. The van der Waals surface area contributed by atoms with E-state index in [1.165, 1.54) is 12.8 Å². The van der Waals surface area contributed by atoms with Crippen LogP contribution in [0.2, 0.25) is 5.02 Å². The minimum Gasteiger partial charge on any atom is -0.317 e. The van der Waals surface area contributed by atoms with Crippen LogP contribution in [0.4, 0.5) is 0 Å². The van der Waals surface area contributed by atoms with Crippen molar-refractivity contribution in [2.45, 2.75) is 45.7 Å². The van der Waals surface area contributed by atoms with Crippen molar-refractivity contribution in [1.82, 2.24) is 15.1 Å². The van der Waals surface area contributed by atoms with Gasteiger partial charge < -0.3 is 5.32 Å². The van der Waals surface area contributed by atoms with Crippen molar-refractivity contribution in [2.75, 3.05) is 7.05 Å².